The molecule has 1 fully saturated rings. The van der Waals surface area contributed by atoms with E-state index in [0.717, 1.165) is 5.69 Å². The van der Waals surface area contributed by atoms with Gasteiger partial charge in [0.2, 0.25) is 0 Å². The maximum atomic E-state index is 5.89. The molecule has 0 aromatic heterocycles. The number of aryl methyl sites for hydroxylation is 1. The van der Waals surface area contributed by atoms with Gasteiger partial charge in [-0.05, 0) is 37.5 Å². The van der Waals surface area contributed by atoms with Gasteiger partial charge in [0.1, 0.15) is 0 Å². The lowest BCUT2D eigenvalue weighted by Crippen LogP contribution is -2.24. The third-order valence-corrected chi connectivity index (χ3v) is 2.97. The van der Waals surface area contributed by atoms with E-state index in [0.29, 0.717) is 6.10 Å². The summed E-state index contributed by atoms with van der Waals surface area (Å²) in [6.07, 6.45) is 5.46. The van der Waals surface area contributed by atoms with Crippen LogP contribution < -0.4 is 5.06 Å². The molecule has 15 heavy (non-hydrogen) atoms. The summed E-state index contributed by atoms with van der Waals surface area (Å²) in [7, 11) is 1.99. The first-order valence-electron chi connectivity index (χ1n) is 5.73. The Morgan fingerprint density at radius 3 is 2.67 bits per heavy atom. The van der Waals surface area contributed by atoms with Crippen LogP contribution >= 0.6 is 0 Å². The predicted octanol–water partition coefficient (Wildman–Crippen LogP) is 3.31. The SMILES string of the molecule is Cc1cccc(N(C)OC2CCCC2)c1. The predicted molar refractivity (Wildman–Crippen MR) is 62.9 cm³/mol. The maximum Gasteiger partial charge on any atom is 0.0856 e. The van der Waals surface area contributed by atoms with Crippen LogP contribution in [0, 0.1) is 6.92 Å². The summed E-state index contributed by atoms with van der Waals surface area (Å²) < 4.78 is 0. The minimum Gasteiger partial charge on any atom is -0.270 e. The quantitative estimate of drug-likeness (QED) is 0.702. The number of hydroxylamine groups is 1. The van der Waals surface area contributed by atoms with Crippen LogP contribution in [0.2, 0.25) is 0 Å². The van der Waals surface area contributed by atoms with E-state index in [9.17, 15) is 0 Å². The van der Waals surface area contributed by atoms with Crippen LogP contribution in [0.5, 0.6) is 0 Å². The lowest BCUT2D eigenvalue weighted by Gasteiger charge is -2.23. The van der Waals surface area contributed by atoms with Crippen LogP contribution in [-0.2, 0) is 4.84 Å². The zero-order valence-electron chi connectivity index (χ0n) is 9.57. The molecule has 2 rings (SSSR count). The molecule has 1 aromatic rings. The van der Waals surface area contributed by atoms with E-state index in [2.05, 4.69) is 31.2 Å². The van der Waals surface area contributed by atoms with Gasteiger partial charge in [0.15, 0.2) is 0 Å². The van der Waals surface area contributed by atoms with Crippen LogP contribution in [0.25, 0.3) is 0 Å². The fourth-order valence-electron chi connectivity index (χ4n) is 2.10. The zero-order valence-corrected chi connectivity index (χ0v) is 9.57. The Morgan fingerprint density at radius 1 is 1.27 bits per heavy atom. The highest BCUT2D eigenvalue weighted by Crippen LogP contribution is 2.24. The molecule has 0 spiro atoms. The number of hydrogen-bond donors (Lipinski definition) is 0. The van der Waals surface area contributed by atoms with Gasteiger partial charge in [0.25, 0.3) is 0 Å². The monoisotopic (exact) mass is 205 g/mol. The average molecular weight is 205 g/mol. The highest BCUT2D eigenvalue weighted by Gasteiger charge is 2.17. The van der Waals surface area contributed by atoms with E-state index in [1.54, 1.807) is 0 Å². The molecule has 0 aliphatic heterocycles. The Hall–Kier alpha value is -1.02. The molecule has 1 aromatic carbocycles. The zero-order chi connectivity index (χ0) is 10.7. The second-order valence-electron chi connectivity index (χ2n) is 4.35. The van der Waals surface area contributed by atoms with Gasteiger partial charge in [-0.25, -0.2) is 0 Å². The van der Waals surface area contributed by atoms with Crippen molar-refractivity contribution in [3.63, 3.8) is 0 Å². The second kappa shape index (κ2) is 4.67. The standard InChI is InChI=1S/C13H19NO/c1-11-6-5-7-12(10-11)14(2)15-13-8-3-4-9-13/h5-7,10,13H,3-4,8-9H2,1-2H3. The van der Waals surface area contributed by atoms with Crippen LogP contribution in [0.15, 0.2) is 24.3 Å². The Labute approximate surface area is 91.8 Å². The summed E-state index contributed by atoms with van der Waals surface area (Å²) in [5.41, 5.74) is 2.41. The molecule has 0 saturated heterocycles. The molecular formula is C13H19NO. The minimum absolute atomic E-state index is 0.426. The average Bonchev–Trinajstić information content (AvgIpc) is 2.70. The fraction of sp³-hybridized carbons (Fsp3) is 0.538. The van der Waals surface area contributed by atoms with E-state index in [4.69, 9.17) is 4.84 Å². The van der Waals surface area contributed by atoms with Crippen molar-refractivity contribution in [2.45, 2.75) is 38.7 Å². The van der Waals surface area contributed by atoms with Crippen LogP contribution in [-0.4, -0.2) is 13.2 Å². The number of rotatable bonds is 3. The molecule has 2 heteroatoms. The van der Waals surface area contributed by atoms with Gasteiger partial charge in [-0.2, -0.15) is 0 Å². The van der Waals surface area contributed by atoms with Crippen molar-refractivity contribution in [1.29, 1.82) is 0 Å². The molecule has 1 saturated carbocycles. The summed E-state index contributed by atoms with van der Waals surface area (Å²) in [6.45, 7) is 2.10. The van der Waals surface area contributed by atoms with Gasteiger partial charge in [0.05, 0.1) is 11.8 Å². The molecule has 1 aliphatic rings. The minimum atomic E-state index is 0.426. The smallest absolute Gasteiger partial charge is 0.0856 e. The molecule has 0 N–H and O–H groups in total. The highest BCUT2D eigenvalue weighted by atomic mass is 16.7. The third kappa shape index (κ3) is 2.72. The first kappa shape index (κ1) is 10.5. The number of hydrogen-bond acceptors (Lipinski definition) is 2. The molecule has 1 aliphatic carbocycles. The Bertz CT molecular complexity index is 318. The van der Waals surface area contributed by atoms with Crippen molar-refractivity contribution in [2.75, 3.05) is 12.1 Å². The van der Waals surface area contributed by atoms with Gasteiger partial charge < -0.3 is 0 Å². The largest absolute Gasteiger partial charge is 0.270 e. The van der Waals surface area contributed by atoms with Crippen molar-refractivity contribution in [3.05, 3.63) is 29.8 Å². The van der Waals surface area contributed by atoms with E-state index < -0.39 is 0 Å². The fourth-order valence-corrected chi connectivity index (χ4v) is 2.10. The van der Waals surface area contributed by atoms with Crippen molar-refractivity contribution in [2.24, 2.45) is 0 Å². The van der Waals surface area contributed by atoms with Crippen molar-refractivity contribution >= 4 is 5.69 Å². The first-order chi connectivity index (χ1) is 7.25. The number of anilines is 1. The topological polar surface area (TPSA) is 12.5 Å². The van der Waals surface area contributed by atoms with Gasteiger partial charge in [-0.1, -0.05) is 25.0 Å². The molecule has 0 bridgehead atoms. The van der Waals surface area contributed by atoms with E-state index in [1.165, 1.54) is 31.2 Å². The van der Waals surface area contributed by atoms with Crippen molar-refractivity contribution in [1.82, 2.24) is 0 Å². The molecule has 0 unspecified atom stereocenters. The Kier molecular flexibility index (Phi) is 3.27. The second-order valence-corrected chi connectivity index (χ2v) is 4.35. The van der Waals surface area contributed by atoms with Crippen LogP contribution in [0.4, 0.5) is 5.69 Å². The van der Waals surface area contributed by atoms with E-state index in [1.807, 2.05) is 12.1 Å². The first-order valence-corrected chi connectivity index (χ1v) is 5.73. The normalized spacial score (nSPS) is 16.9. The lowest BCUT2D eigenvalue weighted by molar-refractivity contribution is 0.0475. The summed E-state index contributed by atoms with van der Waals surface area (Å²) in [5, 5.41) is 1.91. The molecule has 0 amide bonds. The summed E-state index contributed by atoms with van der Waals surface area (Å²) in [4.78, 5) is 5.89. The van der Waals surface area contributed by atoms with Gasteiger partial charge >= 0.3 is 0 Å². The molecule has 2 nitrogen and oxygen atoms in total. The van der Waals surface area contributed by atoms with Gasteiger partial charge in [-0.15, -0.1) is 0 Å². The molecule has 0 heterocycles. The lowest BCUT2D eigenvalue weighted by atomic mass is 10.2. The van der Waals surface area contributed by atoms with Crippen molar-refractivity contribution < 1.29 is 4.84 Å². The Morgan fingerprint density at radius 2 is 2.00 bits per heavy atom. The van der Waals surface area contributed by atoms with Crippen LogP contribution in [0.1, 0.15) is 31.2 Å². The summed E-state index contributed by atoms with van der Waals surface area (Å²) in [5.74, 6) is 0. The summed E-state index contributed by atoms with van der Waals surface area (Å²) >= 11 is 0. The molecule has 82 valence electrons. The third-order valence-electron chi connectivity index (χ3n) is 2.97. The number of benzene rings is 1. The highest BCUT2D eigenvalue weighted by molar-refractivity contribution is 5.45. The molecule has 0 atom stereocenters. The van der Waals surface area contributed by atoms with Gasteiger partial charge in [-0.3, -0.25) is 9.90 Å². The van der Waals surface area contributed by atoms with Gasteiger partial charge in [0, 0.05) is 7.05 Å². The molecular weight excluding hydrogens is 186 g/mol. The van der Waals surface area contributed by atoms with Crippen molar-refractivity contribution in [3.8, 4) is 0 Å². The Balaban J connectivity index is 1.97. The maximum absolute atomic E-state index is 5.89. The molecule has 0 radical (unpaired) electrons. The van der Waals surface area contributed by atoms with Crippen LogP contribution in [0.3, 0.4) is 0 Å². The number of nitrogens with zero attached hydrogens (tertiary/aromatic N) is 1. The van der Waals surface area contributed by atoms with E-state index in [-0.39, 0.29) is 0 Å². The van der Waals surface area contributed by atoms with E-state index >= 15 is 0 Å². The summed E-state index contributed by atoms with van der Waals surface area (Å²) in [6, 6.07) is 8.41.